The minimum atomic E-state index is 0.322. The van der Waals surface area contributed by atoms with E-state index in [1.54, 1.807) is 0 Å². The molecule has 0 heterocycles. The lowest BCUT2D eigenvalue weighted by Gasteiger charge is -2.65. The molecule has 0 aromatic carbocycles. The molecule has 0 bridgehead atoms. The molecule has 4 aliphatic rings. The predicted molar refractivity (Wildman–Crippen MR) is 86.0 cm³/mol. The van der Waals surface area contributed by atoms with Gasteiger partial charge in [-0.3, -0.25) is 4.79 Å². The Hall–Kier alpha value is -0.330. The van der Waals surface area contributed by atoms with Gasteiger partial charge in [-0.25, -0.2) is 0 Å². The van der Waals surface area contributed by atoms with Crippen LogP contribution in [0.15, 0.2) is 0 Å². The van der Waals surface area contributed by atoms with E-state index < -0.39 is 0 Å². The monoisotopic (exact) mass is 288 g/mol. The minimum absolute atomic E-state index is 0.322. The van der Waals surface area contributed by atoms with Gasteiger partial charge in [-0.05, 0) is 78.9 Å². The van der Waals surface area contributed by atoms with Crippen LogP contribution in [0.25, 0.3) is 0 Å². The highest BCUT2D eigenvalue weighted by atomic mass is 16.1. The van der Waals surface area contributed by atoms with Crippen LogP contribution in [0.5, 0.6) is 0 Å². The average Bonchev–Trinajstić information content (AvgIpc) is 2.78. The van der Waals surface area contributed by atoms with E-state index in [4.69, 9.17) is 0 Å². The van der Waals surface area contributed by atoms with Crippen LogP contribution >= 0.6 is 0 Å². The number of ketones is 1. The number of hydrogen-bond donors (Lipinski definition) is 0. The largest absolute Gasteiger partial charge is 0.300 e. The van der Waals surface area contributed by atoms with E-state index in [0.29, 0.717) is 22.0 Å². The number of carbonyl (C=O) groups is 1. The average molecular weight is 288 g/mol. The molecule has 1 nitrogen and oxygen atoms in total. The first kappa shape index (κ1) is 14.3. The second kappa shape index (κ2) is 4.36. The Labute approximate surface area is 130 Å². The van der Waals surface area contributed by atoms with Crippen LogP contribution in [0.2, 0.25) is 0 Å². The summed E-state index contributed by atoms with van der Waals surface area (Å²) >= 11 is 0. The SMILES string of the molecule is C[C@@]12CCC3[C@]4(C)CCCC4CC[C@]3(C)C1CCC(=O)C2. The highest BCUT2D eigenvalue weighted by molar-refractivity contribution is 5.80. The van der Waals surface area contributed by atoms with Gasteiger partial charge >= 0.3 is 0 Å². The normalized spacial score (nSPS) is 56.5. The fraction of sp³-hybridized carbons (Fsp3) is 0.950. The van der Waals surface area contributed by atoms with Crippen molar-refractivity contribution in [1.29, 1.82) is 0 Å². The summed E-state index contributed by atoms with van der Waals surface area (Å²) in [6.45, 7) is 7.69. The molecule has 3 unspecified atom stereocenters. The van der Waals surface area contributed by atoms with Crippen molar-refractivity contribution in [2.45, 2.75) is 85.0 Å². The van der Waals surface area contributed by atoms with Gasteiger partial charge in [-0.15, -0.1) is 0 Å². The zero-order chi connectivity index (χ0) is 14.9. The molecule has 0 spiro atoms. The van der Waals surface area contributed by atoms with E-state index in [9.17, 15) is 4.79 Å². The first-order valence-electron chi connectivity index (χ1n) is 9.40. The molecule has 6 atom stereocenters. The first-order chi connectivity index (χ1) is 9.88. The Morgan fingerprint density at radius 1 is 0.857 bits per heavy atom. The van der Waals surface area contributed by atoms with Crippen LogP contribution in [-0.4, -0.2) is 5.78 Å². The highest BCUT2D eigenvalue weighted by Gasteiger charge is 2.62. The van der Waals surface area contributed by atoms with Crippen molar-refractivity contribution in [2.75, 3.05) is 0 Å². The zero-order valence-electron chi connectivity index (χ0n) is 14.2. The fourth-order valence-electron chi connectivity index (χ4n) is 7.86. The maximum atomic E-state index is 12.0. The summed E-state index contributed by atoms with van der Waals surface area (Å²) in [4.78, 5) is 12.0. The third kappa shape index (κ3) is 1.78. The molecule has 0 aliphatic heterocycles. The zero-order valence-corrected chi connectivity index (χ0v) is 14.2. The van der Waals surface area contributed by atoms with Gasteiger partial charge in [0.05, 0.1) is 0 Å². The Bertz CT molecular complexity index is 468. The van der Waals surface area contributed by atoms with E-state index in [0.717, 1.165) is 30.6 Å². The lowest BCUT2D eigenvalue weighted by atomic mass is 9.40. The van der Waals surface area contributed by atoms with Gasteiger partial charge in [-0.2, -0.15) is 0 Å². The van der Waals surface area contributed by atoms with E-state index >= 15 is 0 Å². The standard InChI is InChI=1S/C20H32O/c1-18-11-9-17-19(2)10-4-5-14(19)8-12-20(17,3)16(18)7-6-15(21)13-18/h14,16-17H,4-13H2,1-3H3/t14?,16?,17?,18-,19+,20+/m0/s1. The topological polar surface area (TPSA) is 17.1 Å². The first-order valence-corrected chi connectivity index (χ1v) is 9.40. The number of carbonyl (C=O) groups excluding carboxylic acids is 1. The molecule has 21 heavy (non-hydrogen) atoms. The van der Waals surface area contributed by atoms with Gasteiger partial charge in [0, 0.05) is 12.8 Å². The van der Waals surface area contributed by atoms with Crippen LogP contribution < -0.4 is 0 Å². The summed E-state index contributed by atoms with van der Waals surface area (Å²) in [6.07, 6.45) is 13.0. The molecule has 4 aliphatic carbocycles. The van der Waals surface area contributed by atoms with Gasteiger partial charge in [0.1, 0.15) is 5.78 Å². The molecular weight excluding hydrogens is 256 g/mol. The second-order valence-corrected chi connectivity index (χ2v) is 9.69. The van der Waals surface area contributed by atoms with Crippen molar-refractivity contribution in [1.82, 2.24) is 0 Å². The second-order valence-electron chi connectivity index (χ2n) is 9.69. The lowest BCUT2D eigenvalue weighted by molar-refractivity contribution is -0.166. The summed E-state index contributed by atoms with van der Waals surface area (Å²) in [5.74, 6) is 3.28. The summed E-state index contributed by atoms with van der Waals surface area (Å²) in [5, 5.41) is 0. The van der Waals surface area contributed by atoms with Gasteiger partial charge in [0.25, 0.3) is 0 Å². The van der Waals surface area contributed by atoms with Crippen molar-refractivity contribution in [3.63, 3.8) is 0 Å². The molecule has 4 rings (SSSR count). The molecule has 4 saturated carbocycles. The van der Waals surface area contributed by atoms with Crippen LogP contribution in [0, 0.1) is 34.0 Å². The van der Waals surface area contributed by atoms with E-state index in [1.807, 2.05) is 0 Å². The van der Waals surface area contributed by atoms with Crippen molar-refractivity contribution >= 4 is 5.78 Å². The van der Waals surface area contributed by atoms with Gasteiger partial charge in [-0.1, -0.05) is 27.2 Å². The molecule has 4 fully saturated rings. The molecule has 0 radical (unpaired) electrons. The molecule has 0 aromatic heterocycles. The van der Waals surface area contributed by atoms with Crippen LogP contribution in [-0.2, 0) is 4.79 Å². The maximum absolute atomic E-state index is 12.0. The third-order valence-electron chi connectivity index (χ3n) is 8.78. The van der Waals surface area contributed by atoms with Crippen molar-refractivity contribution < 1.29 is 4.79 Å². The predicted octanol–water partition coefficient (Wildman–Crippen LogP) is 5.38. The quantitative estimate of drug-likeness (QED) is 0.585. The van der Waals surface area contributed by atoms with Crippen molar-refractivity contribution in [2.24, 2.45) is 34.0 Å². The summed E-state index contributed by atoms with van der Waals surface area (Å²) < 4.78 is 0. The minimum Gasteiger partial charge on any atom is -0.300 e. The molecule has 0 N–H and O–H groups in total. The summed E-state index contributed by atoms with van der Waals surface area (Å²) in [7, 11) is 0. The fourth-order valence-corrected chi connectivity index (χ4v) is 7.86. The van der Waals surface area contributed by atoms with Crippen LogP contribution in [0.1, 0.15) is 85.0 Å². The maximum Gasteiger partial charge on any atom is 0.133 e. The van der Waals surface area contributed by atoms with Crippen molar-refractivity contribution in [3.8, 4) is 0 Å². The number of hydrogen-bond acceptors (Lipinski definition) is 1. The van der Waals surface area contributed by atoms with Crippen molar-refractivity contribution in [3.05, 3.63) is 0 Å². The molecule has 0 amide bonds. The van der Waals surface area contributed by atoms with E-state index in [1.165, 1.54) is 51.4 Å². The smallest absolute Gasteiger partial charge is 0.133 e. The molecule has 0 saturated heterocycles. The Morgan fingerprint density at radius 2 is 1.67 bits per heavy atom. The molecule has 0 aromatic rings. The summed E-state index contributed by atoms with van der Waals surface area (Å²) in [6, 6.07) is 0. The Morgan fingerprint density at radius 3 is 2.48 bits per heavy atom. The van der Waals surface area contributed by atoms with Gasteiger partial charge < -0.3 is 0 Å². The lowest BCUT2D eigenvalue weighted by Crippen LogP contribution is -2.58. The van der Waals surface area contributed by atoms with E-state index in [2.05, 4.69) is 20.8 Å². The van der Waals surface area contributed by atoms with Gasteiger partial charge in [0.2, 0.25) is 0 Å². The molecule has 1 heteroatoms. The Kier molecular flexibility index (Phi) is 2.96. The summed E-state index contributed by atoms with van der Waals surface area (Å²) in [5.41, 5.74) is 1.46. The molecule has 118 valence electrons. The highest BCUT2D eigenvalue weighted by Crippen LogP contribution is 2.70. The van der Waals surface area contributed by atoms with Crippen LogP contribution in [0.4, 0.5) is 0 Å². The molecular formula is C20H32O. The Balaban J connectivity index is 1.71. The number of fused-ring (bicyclic) bond motifs is 5. The third-order valence-corrected chi connectivity index (χ3v) is 8.78. The number of Topliss-reactive ketones (excluding diaryl/α,β-unsaturated/α-hetero) is 1. The van der Waals surface area contributed by atoms with E-state index in [-0.39, 0.29) is 0 Å². The van der Waals surface area contributed by atoms with Crippen LogP contribution in [0.3, 0.4) is 0 Å². The number of rotatable bonds is 0. The van der Waals surface area contributed by atoms with Gasteiger partial charge in [0.15, 0.2) is 0 Å².